The summed E-state index contributed by atoms with van der Waals surface area (Å²) < 4.78 is 25.9. The van der Waals surface area contributed by atoms with Crippen LogP contribution in [0.4, 0.5) is 8.78 Å². The number of hydrogen-bond acceptors (Lipinski definition) is 1. The van der Waals surface area contributed by atoms with Crippen molar-refractivity contribution < 1.29 is 13.6 Å². The first-order valence-electron chi connectivity index (χ1n) is 5.30. The largest absolute Gasteiger partial charge is 0.349 e. The van der Waals surface area contributed by atoms with Gasteiger partial charge in [-0.1, -0.05) is 13.3 Å². The predicted molar refractivity (Wildman–Crippen MR) is 58.2 cm³/mol. The highest BCUT2D eigenvalue weighted by Crippen LogP contribution is 2.10. The van der Waals surface area contributed by atoms with Gasteiger partial charge in [-0.25, -0.2) is 8.78 Å². The van der Waals surface area contributed by atoms with E-state index in [-0.39, 0.29) is 11.6 Å². The second-order valence-corrected chi connectivity index (χ2v) is 3.79. The molecule has 1 rings (SSSR count). The van der Waals surface area contributed by atoms with Crippen molar-refractivity contribution in [2.24, 2.45) is 0 Å². The van der Waals surface area contributed by atoms with Crippen LogP contribution in [-0.2, 0) is 0 Å². The minimum Gasteiger partial charge on any atom is -0.349 e. The minimum absolute atomic E-state index is 0.0121. The third-order valence-corrected chi connectivity index (χ3v) is 2.27. The van der Waals surface area contributed by atoms with Gasteiger partial charge >= 0.3 is 0 Å². The fraction of sp³-hybridized carbons (Fsp3) is 0.417. The lowest BCUT2D eigenvalue weighted by Crippen LogP contribution is -2.32. The van der Waals surface area contributed by atoms with E-state index in [4.69, 9.17) is 0 Å². The highest BCUT2D eigenvalue weighted by Gasteiger charge is 2.14. The summed E-state index contributed by atoms with van der Waals surface area (Å²) in [6.45, 7) is 3.85. The van der Waals surface area contributed by atoms with Crippen molar-refractivity contribution in [3.05, 3.63) is 35.4 Å². The lowest BCUT2D eigenvalue weighted by atomic mass is 10.1. The summed E-state index contributed by atoms with van der Waals surface area (Å²) in [5, 5.41) is 2.66. The molecule has 0 aromatic heterocycles. The molecule has 16 heavy (non-hydrogen) atoms. The van der Waals surface area contributed by atoms with E-state index in [1.807, 2.05) is 13.8 Å². The van der Waals surface area contributed by atoms with Crippen LogP contribution in [0.5, 0.6) is 0 Å². The van der Waals surface area contributed by atoms with Gasteiger partial charge in [0.25, 0.3) is 5.91 Å². The van der Waals surface area contributed by atoms with E-state index < -0.39 is 17.5 Å². The van der Waals surface area contributed by atoms with Crippen LogP contribution in [0.3, 0.4) is 0 Å². The van der Waals surface area contributed by atoms with Gasteiger partial charge in [0.1, 0.15) is 11.6 Å². The molecule has 1 amide bonds. The SMILES string of the molecule is CCCC(C)NC(=O)c1ccc(F)cc1F. The van der Waals surface area contributed by atoms with Gasteiger partial charge in [0.05, 0.1) is 5.56 Å². The highest BCUT2D eigenvalue weighted by molar-refractivity contribution is 5.94. The second-order valence-electron chi connectivity index (χ2n) is 3.79. The molecular formula is C12H15F2NO. The molecule has 1 atom stereocenters. The molecule has 0 aliphatic heterocycles. The molecule has 2 nitrogen and oxygen atoms in total. The van der Waals surface area contributed by atoms with Crippen LogP contribution in [0.2, 0.25) is 0 Å². The van der Waals surface area contributed by atoms with Crippen molar-refractivity contribution in [1.29, 1.82) is 0 Å². The number of halogens is 2. The molecule has 0 radical (unpaired) electrons. The van der Waals surface area contributed by atoms with Gasteiger partial charge in [0.2, 0.25) is 0 Å². The monoisotopic (exact) mass is 227 g/mol. The Morgan fingerprint density at radius 1 is 1.44 bits per heavy atom. The molecule has 0 bridgehead atoms. The van der Waals surface area contributed by atoms with E-state index in [1.54, 1.807) is 0 Å². The van der Waals surface area contributed by atoms with Gasteiger partial charge in [0, 0.05) is 12.1 Å². The molecule has 1 unspecified atom stereocenters. The zero-order chi connectivity index (χ0) is 12.1. The number of benzene rings is 1. The van der Waals surface area contributed by atoms with Gasteiger partial charge < -0.3 is 5.32 Å². The summed E-state index contributed by atoms with van der Waals surface area (Å²) in [6.07, 6.45) is 1.77. The Balaban J connectivity index is 2.73. The first-order valence-corrected chi connectivity index (χ1v) is 5.30. The highest BCUT2D eigenvalue weighted by atomic mass is 19.1. The maximum Gasteiger partial charge on any atom is 0.254 e. The molecule has 0 fully saturated rings. The van der Waals surface area contributed by atoms with Crippen molar-refractivity contribution in [3.63, 3.8) is 0 Å². The van der Waals surface area contributed by atoms with Crippen molar-refractivity contribution in [1.82, 2.24) is 5.32 Å². The van der Waals surface area contributed by atoms with Crippen molar-refractivity contribution >= 4 is 5.91 Å². The molecule has 1 N–H and O–H groups in total. The van der Waals surface area contributed by atoms with Crippen LogP contribution < -0.4 is 5.32 Å². The van der Waals surface area contributed by atoms with Crippen molar-refractivity contribution in [2.75, 3.05) is 0 Å². The molecule has 0 aliphatic rings. The van der Waals surface area contributed by atoms with Gasteiger partial charge in [-0.2, -0.15) is 0 Å². The van der Waals surface area contributed by atoms with Crippen LogP contribution in [-0.4, -0.2) is 11.9 Å². The van der Waals surface area contributed by atoms with Gasteiger partial charge in [-0.3, -0.25) is 4.79 Å². The molecule has 0 heterocycles. The Labute approximate surface area is 93.7 Å². The molecule has 4 heteroatoms. The molecule has 1 aromatic carbocycles. The fourth-order valence-corrected chi connectivity index (χ4v) is 1.48. The Hall–Kier alpha value is -1.45. The van der Waals surface area contributed by atoms with Gasteiger partial charge in [-0.15, -0.1) is 0 Å². The Morgan fingerprint density at radius 2 is 2.12 bits per heavy atom. The molecule has 0 spiro atoms. The molecule has 1 aromatic rings. The molecule has 0 saturated heterocycles. The normalized spacial score (nSPS) is 12.2. The molecule has 0 saturated carbocycles. The van der Waals surface area contributed by atoms with E-state index in [9.17, 15) is 13.6 Å². The third-order valence-electron chi connectivity index (χ3n) is 2.27. The maximum atomic E-state index is 13.2. The average Bonchev–Trinajstić information content (AvgIpc) is 2.17. The summed E-state index contributed by atoms with van der Waals surface area (Å²) >= 11 is 0. The van der Waals surface area contributed by atoms with E-state index in [2.05, 4.69) is 5.32 Å². The van der Waals surface area contributed by atoms with E-state index >= 15 is 0 Å². The summed E-state index contributed by atoms with van der Waals surface area (Å²) in [4.78, 5) is 11.6. The lowest BCUT2D eigenvalue weighted by molar-refractivity contribution is 0.0934. The third kappa shape index (κ3) is 3.29. The molecular weight excluding hydrogens is 212 g/mol. The summed E-state index contributed by atoms with van der Waals surface area (Å²) in [7, 11) is 0. The predicted octanol–water partition coefficient (Wildman–Crippen LogP) is 2.88. The van der Waals surface area contributed by atoms with Crippen LogP contribution >= 0.6 is 0 Å². The number of amides is 1. The number of rotatable bonds is 4. The Kier molecular flexibility index (Phi) is 4.40. The molecule has 0 aliphatic carbocycles. The smallest absolute Gasteiger partial charge is 0.254 e. The zero-order valence-corrected chi connectivity index (χ0v) is 9.39. The van der Waals surface area contributed by atoms with E-state index in [0.717, 1.165) is 25.0 Å². The Bertz CT molecular complexity index is 379. The van der Waals surface area contributed by atoms with Crippen molar-refractivity contribution in [3.8, 4) is 0 Å². The number of nitrogens with one attached hydrogen (secondary N) is 1. The van der Waals surface area contributed by atoms with E-state index in [1.165, 1.54) is 0 Å². The zero-order valence-electron chi connectivity index (χ0n) is 9.39. The topological polar surface area (TPSA) is 29.1 Å². The van der Waals surface area contributed by atoms with Crippen LogP contribution in [0.25, 0.3) is 0 Å². The second kappa shape index (κ2) is 5.58. The first-order chi connectivity index (χ1) is 7.54. The standard InChI is InChI=1S/C12H15F2NO/c1-3-4-8(2)15-12(16)10-6-5-9(13)7-11(10)14/h5-8H,3-4H2,1-2H3,(H,15,16). The first kappa shape index (κ1) is 12.6. The molecule has 88 valence electrons. The summed E-state index contributed by atoms with van der Waals surface area (Å²) in [5.74, 6) is -2.02. The maximum absolute atomic E-state index is 13.2. The van der Waals surface area contributed by atoms with Crippen LogP contribution in [0, 0.1) is 11.6 Å². The van der Waals surface area contributed by atoms with E-state index in [0.29, 0.717) is 6.07 Å². The quantitative estimate of drug-likeness (QED) is 0.841. The van der Waals surface area contributed by atoms with Crippen molar-refractivity contribution in [2.45, 2.75) is 32.7 Å². The van der Waals surface area contributed by atoms with Gasteiger partial charge in [-0.05, 0) is 25.5 Å². The number of hydrogen-bond donors (Lipinski definition) is 1. The average molecular weight is 227 g/mol. The van der Waals surface area contributed by atoms with Gasteiger partial charge in [0.15, 0.2) is 0 Å². The van der Waals surface area contributed by atoms with Crippen LogP contribution in [0.1, 0.15) is 37.0 Å². The summed E-state index contributed by atoms with van der Waals surface area (Å²) in [5.41, 5.74) is -0.121. The lowest BCUT2D eigenvalue weighted by Gasteiger charge is -2.12. The minimum atomic E-state index is -0.832. The summed E-state index contributed by atoms with van der Waals surface area (Å²) in [6, 6.07) is 2.92. The number of carbonyl (C=O) groups excluding carboxylic acids is 1. The fourth-order valence-electron chi connectivity index (χ4n) is 1.48. The Morgan fingerprint density at radius 3 is 2.69 bits per heavy atom. The number of carbonyl (C=O) groups is 1. The van der Waals surface area contributed by atoms with Crippen LogP contribution in [0.15, 0.2) is 18.2 Å².